The molecule has 2 aromatic rings. The Balaban J connectivity index is 1.99. The molecule has 1 unspecified atom stereocenters. The van der Waals surface area contributed by atoms with Crippen LogP contribution < -0.4 is 10.6 Å². The molecule has 5 nitrogen and oxygen atoms in total. The van der Waals surface area contributed by atoms with Crippen LogP contribution in [0.1, 0.15) is 6.42 Å². The predicted octanol–water partition coefficient (Wildman–Crippen LogP) is 0.885. The number of benzene rings is 1. The molecular weight excluding hydrogens is 228 g/mol. The van der Waals surface area contributed by atoms with Gasteiger partial charge in [0.1, 0.15) is 0 Å². The zero-order chi connectivity index (χ0) is 12.7. The number of fused-ring (bicyclic) bond motifs is 1. The SMILES string of the molecule is Cn1ncc2ccc(N3CC(CN)CC3=O)cc21. The number of hydrogen-bond acceptors (Lipinski definition) is 3. The standard InChI is InChI=1S/C13H16N4O/c1-16-12-5-11(3-2-10(12)7-15-16)17-8-9(6-14)4-13(17)18/h2-3,5,7,9H,4,6,8,14H2,1H3. The van der Waals surface area contributed by atoms with Crippen LogP contribution in [0.2, 0.25) is 0 Å². The van der Waals surface area contributed by atoms with Gasteiger partial charge in [0.2, 0.25) is 5.91 Å². The number of aromatic nitrogens is 2. The second kappa shape index (κ2) is 4.10. The van der Waals surface area contributed by atoms with Crippen LogP contribution in [-0.2, 0) is 11.8 Å². The van der Waals surface area contributed by atoms with Crippen molar-refractivity contribution in [1.29, 1.82) is 0 Å². The molecule has 5 heteroatoms. The van der Waals surface area contributed by atoms with E-state index < -0.39 is 0 Å². The Bertz CT molecular complexity index is 604. The number of hydrogen-bond donors (Lipinski definition) is 1. The highest BCUT2D eigenvalue weighted by atomic mass is 16.2. The molecule has 1 aliphatic heterocycles. The minimum absolute atomic E-state index is 0.159. The van der Waals surface area contributed by atoms with Gasteiger partial charge in [0.25, 0.3) is 0 Å². The summed E-state index contributed by atoms with van der Waals surface area (Å²) >= 11 is 0. The molecule has 0 aliphatic carbocycles. The van der Waals surface area contributed by atoms with Crippen LogP contribution in [0.25, 0.3) is 10.9 Å². The zero-order valence-electron chi connectivity index (χ0n) is 10.3. The van der Waals surface area contributed by atoms with Crippen molar-refractivity contribution in [3.8, 4) is 0 Å². The molecule has 1 atom stereocenters. The van der Waals surface area contributed by atoms with E-state index in [0.29, 0.717) is 13.0 Å². The van der Waals surface area contributed by atoms with Gasteiger partial charge in [-0.15, -0.1) is 0 Å². The lowest BCUT2D eigenvalue weighted by molar-refractivity contribution is -0.117. The molecule has 94 valence electrons. The van der Waals surface area contributed by atoms with Crippen molar-refractivity contribution < 1.29 is 4.79 Å². The van der Waals surface area contributed by atoms with Gasteiger partial charge in [0.05, 0.1) is 11.7 Å². The van der Waals surface area contributed by atoms with E-state index in [1.54, 1.807) is 0 Å². The smallest absolute Gasteiger partial charge is 0.227 e. The highest BCUT2D eigenvalue weighted by molar-refractivity contribution is 5.97. The minimum atomic E-state index is 0.159. The molecular formula is C13H16N4O. The van der Waals surface area contributed by atoms with E-state index in [-0.39, 0.29) is 11.8 Å². The van der Waals surface area contributed by atoms with Crippen molar-refractivity contribution in [3.63, 3.8) is 0 Å². The summed E-state index contributed by atoms with van der Waals surface area (Å²) in [5.41, 5.74) is 7.62. The molecule has 1 aromatic carbocycles. The van der Waals surface area contributed by atoms with Gasteiger partial charge in [-0.25, -0.2) is 0 Å². The van der Waals surface area contributed by atoms with Gasteiger partial charge in [-0.3, -0.25) is 9.48 Å². The van der Waals surface area contributed by atoms with Crippen molar-refractivity contribution in [3.05, 3.63) is 24.4 Å². The third-order valence-electron chi connectivity index (χ3n) is 3.58. The maximum absolute atomic E-state index is 12.0. The van der Waals surface area contributed by atoms with Crippen LogP contribution in [0.5, 0.6) is 0 Å². The zero-order valence-corrected chi connectivity index (χ0v) is 10.3. The second-order valence-corrected chi connectivity index (χ2v) is 4.82. The fourth-order valence-electron chi connectivity index (χ4n) is 2.49. The lowest BCUT2D eigenvalue weighted by atomic mass is 10.1. The molecule has 18 heavy (non-hydrogen) atoms. The molecule has 1 saturated heterocycles. The summed E-state index contributed by atoms with van der Waals surface area (Å²) < 4.78 is 1.82. The van der Waals surface area contributed by atoms with Gasteiger partial charge < -0.3 is 10.6 Å². The Morgan fingerprint density at radius 3 is 3.06 bits per heavy atom. The monoisotopic (exact) mass is 244 g/mol. The number of amides is 1. The van der Waals surface area contributed by atoms with Crippen molar-refractivity contribution >= 4 is 22.5 Å². The minimum Gasteiger partial charge on any atom is -0.330 e. The van der Waals surface area contributed by atoms with E-state index in [0.717, 1.165) is 23.1 Å². The fourth-order valence-corrected chi connectivity index (χ4v) is 2.49. The molecule has 0 radical (unpaired) electrons. The molecule has 0 spiro atoms. The van der Waals surface area contributed by atoms with Gasteiger partial charge in [-0.2, -0.15) is 5.10 Å². The van der Waals surface area contributed by atoms with E-state index >= 15 is 0 Å². The Kier molecular flexibility index (Phi) is 2.56. The van der Waals surface area contributed by atoms with E-state index in [9.17, 15) is 4.79 Å². The summed E-state index contributed by atoms with van der Waals surface area (Å²) in [6, 6.07) is 5.99. The largest absolute Gasteiger partial charge is 0.330 e. The van der Waals surface area contributed by atoms with Gasteiger partial charge in [-0.1, -0.05) is 0 Å². The summed E-state index contributed by atoms with van der Waals surface area (Å²) in [5.74, 6) is 0.437. The number of carbonyl (C=O) groups excluding carboxylic acids is 1. The van der Waals surface area contributed by atoms with Crippen molar-refractivity contribution in [1.82, 2.24) is 9.78 Å². The first-order valence-electron chi connectivity index (χ1n) is 6.11. The van der Waals surface area contributed by atoms with Gasteiger partial charge in [0, 0.05) is 31.1 Å². The molecule has 2 N–H and O–H groups in total. The molecule has 1 aromatic heterocycles. The number of carbonyl (C=O) groups is 1. The topological polar surface area (TPSA) is 64.2 Å². The molecule has 2 heterocycles. The average molecular weight is 244 g/mol. The second-order valence-electron chi connectivity index (χ2n) is 4.82. The van der Waals surface area contributed by atoms with E-state index in [1.807, 2.05) is 41.0 Å². The maximum atomic E-state index is 12.0. The van der Waals surface area contributed by atoms with Gasteiger partial charge in [-0.05, 0) is 30.7 Å². The lowest BCUT2D eigenvalue weighted by Crippen LogP contribution is -2.25. The number of aryl methyl sites for hydroxylation is 1. The number of nitrogens with two attached hydrogens (primary N) is 1. The predicted molar refractivity (Wildman–Crippen MR) is 70.2 cm³/mol. The van der Waals surface area contributed by atoms with Crippen LogP contribution >= 0.6 is 0 Å². The van der Waals surface area contributed by atoms with Gasteiger partial charge >= 0.3 is 0 Å². The summed E-state index contributed by atoms with van der Waals surface area (Å²) in [6.45, 7) is 1.29. The summed E-state index contributed by atoms with van der Waals surface area (Å²) in [6.07, 6.45) is 2.38. The van der Waals surface area contributed by atoms with Crippen molar-refractivity contribution in [2.75, 3.05) is 18.0 Å². The first-order valence-corrected chi connectivity index (χ1v) is 6.11. The first kappa shape index (κ1) is 11.2. The number of nitrogens with zero attached hydrogens (tertiary/aromatic N) is 3. The van der Waals surface area contributed by atoms with Crippen LogP contribution in [0.4, 0.5) is 5.69 Å². The average Bonchev–Trinajstić information content (AvgIpc) is 2.93. The van der Waals surface area contributed by atoms with Crippen LogP contribution in [0.3, 0.4) is 0 Å². The van der Waals surface area contributed by atoms with Crippen LogP contribution in [0.15, 0.2) is 24.4 Å². The van der Waals surface area contributed by atoms with Crippen LogP contribution in [0, 0.1) is 5.92 Å². The Morgan fingerprint density at radius 2 is 2.33 bits per heavy atom. The number of rotatable bonds is 2. The molecule has 1 fully saturated rings. The lowest BCUT2D eigenvalue weighted by Gasteiger charge is -2.16. The quantitative estimate of drug-likeness (QED) is 0.853. The molecule has 0 bridgehead atoms. The highest BCUT2D eigenvalue weighted by Gasteiger charge is 2.29. The molecule has 1 amide bonds. The number of anilines is 1. The summed E-state index contributed by atoms with van der Waals surface area (Å²) in [7, 11) is 1.90. The third kappa shape index (κ3) is 1.67. The fraction of sp³-hybridized carbons (Fsp3) is 0.385. The van der Waals surface area contributed by atoms with E-state index in [1.165, 1.54) is 0 Å². The highest BCUT2D eigenvalue weighted by Crippen LogP contribution is 2.27. The van der Waals surface area contributed by atoms with Crippen molar-refractivity contribution in [2.45, 2.75) is 6.42 Å². The summed E-state index contributed by atoms with van der Waals surface area (Å²) in [5, 5.41) is 5.29. The van der Waals surface area contributed by atoms with Gasteiger partial charge in [0.15, 0.2) is 0 Å². The van der Waals surface area contributed by atoms with Crippen LogP contribution in [-0.4, -0.2) is 28.8 Å². The Hall–Kier alpha value is -1.88. The molecule has 1 aliphatic rings. The van der Waals surface area contributed by atoms with E-state index in [4.69, 9.17) is 5.73 Å². The maximum Gasteiger partial charge on any atom is 0.227 e. The van der Waals surface area contributed by atoms with E-state index in [2.05, 4.69) is 5.10 Å². The first-order chi connectivity index (χ1) is 8.69. The summed E-state index contributed by atoms with van der Waals surface area (Å²) in [4.78, 5) is 13.8. The molecule has 0 saturated carbocycles. The Labute approximate surface area is 105 Å². The third-order valence-corrected chi connectivity index (χ3v) is 3.58. The molecule has 3 rings (SSSR count). The Morgan fingerprint density at radius 1 is 1.50 bits per heavy atom. The van der Waals surface area contributed by atoms with Crippen molar-refractivity contribution in [2.24, 2.45) is 18.7 Å². The normalized spacial score (nSPS) is 20.0.